The number of amides is 1. The fraction of sp³-hybridized carbons (Fsp3) is 0.120. The lowest BCUT2D eigenvalue weighted by molar-refractivity contribution is 0.0952. The summed E-state index contributed by atoms with van der Waals surface area (Å²) < 4.78 is 5.36. The van der Waals surface area contributed by atoms with Crippen molar-refractivity contribution >= 4 is 39.8 Å². The van der Waals surface area contributed by atoms with Crippen LogP contribution in [0.1, 0.15) is 21.5 Å². The maximum absolute atomic E-state index is 13.0. The molecule has 0 atom stereocenters. The summed E-state index contributed by atoms with van der Waals surface area (Å²) in [6.07, 6.45) is 1.60. The maximum atomic E-state index is 13.0. The number of aryl methyl sites for hydroxylation is 1. The van der Waals surface area contributed by atoms with Crippen LogP contribution >= 0.6 is 11.6 Å². The average Bonchev–Trinajstić information content (AvgIpc) is 2.80. The molecule has 0 radical (unpaired) electrons. The first-order chi connectivity index (χ1) is 15.1. The topological polar surface area (TPSA) is 63.2 Å². The van der Waals surface area contributed by atoms with Crippen LogP contribution in [0.2, 0.25) is 5.02 Å². The van der Waals surface area contributed by atoms with Crippen molar-refractivity contribution < 1.29 is 9.53 Å². The summed E-state index contributed by atoms with van der Waals surface area (Å²) in [4.78, 5) is 17.5. The summed E-state index contributed by atoms with van der Waals surface area (Å²) in [5.74, 6) is 1.21. The van der Waals surface area contributed by atoms with Crippen LogP contribution in [-0.2, 0) is 6.54 Å². The molecule has 0 fully saturated rings. The molecule has 4 aromatic rings. The molecule has 0 aliphatic rings. The van der Waals surface area contributed by atoms with Crippen LogP contribution in [0.4, 0.5) is 11.5 Å². The number of carbonyl (C=O) groups is 1. The minimum Gasteiger partial charge on any atom is -0.496 e. The van der Waals surface area contributed by atoms with Gasteiger partial charge in [-0.25, -0.2) is 4.98 Å². The van der Waals surface area contributed by atoms with E-state index in [9.17, 15) is 4.79 Å². The van der Waals surface area contributed by atoms with Crippen molar-refractivity contribution in [1.82, 2.24) is 10.3 Å². The van der Waals surface area contributed by atoms with Gasteiger partial charge in [-0.1, -0.05) is 60.1 Å². The van der Waals surface area contributed by atoms with E-state index in [0.29, 0.717) is 22.9 Å². The molecule has 0 bridgehead atoms. The first kappa shape index (κ1) is 20.7. The quantitative estimate of drug-likeness (QED) is 0.400. The Morgan fingerprint density at radius 3 is 2.55 bits per heavy atom. The molecule has 31 heavy (non-hydrogen) atoms. The van der Waals surface area contributed by atoms with E-state index >= 15 is 0 Å². The number of hydrogen-bond donors (Lipinski definition) is 2. The molecule has 1 amide bonds. The summed E-state index contributed by atoms with van der Waals surface area (Å²) in [5, 5.41) is 8.63. The summed E-state index contributed by atoms with van der Waals surface area (Å²) in [6, 6.07) is 21.1. The first-order valence-electron chi connectivity index (χ1n) is 9.88. The van der Waals surface area contributed by atoms with Crippen molar-refractivity contribution in [2.24, 2.45) is 0 Å². The Morgan fingerprint density at radius 1 is 1.03 bits per heavy atom. The van der Waals surface area contributed by atoms with Crippen molar-refractivity contribution in [3.8, 4) is 5.75 Å². The number of methoxy groups -OCH3 is 1. The third-order valence-electron chi connectivity index (χ3n) is 5.11. The van der Waals surface area contributed by atoms with Crippen LogP contribution < -0.4 is 15.4 Å². The lowest BCUT2D eigenvalue weighted by Crippen LogP contribution is -2.23. The molecule has 3 aromatic carbocycles. The number of aromatic nitrogens is 1. The number of hydrogen-bond acceptors (Lipinski definition) is 4. The third-order valence-corrected chi connectivity index (χ3v) is 5.51. The number of benzene rings is 3. The molecule has 156 valence electrons. The van der Waals surface area contributed by atoms with Gasteiger partial charge in [0, 0.05) is 34.4 Å². The van der Waals surface area contributed by atoms with Gasteiger partial charge in [0.2, 0.25) is 0 Å². The smallest absolute Gasteiger partial charge is 0.253 e. The predicted molar refractivity (Wildman–Crippen MR) is 125 cm³/mol. The number of halogens is 1. The molecule has 4 rings (SSSR count). The van der Waals surface area contributed by atoms with E-state index in [-0.39, 0.29) is 5.91 Å². The SMILES string of the molecule is COc1ccccc1CNC(=O)c1cnc(Nc2ccc(C)c(Cl)c2)c2ccccc12. The van der Waals surface area contributed by atoms with E-state index < -0.39 is 0 Å². The fourth-order valence-electron chi connectivity index (χ4n) is 3.40. The minimum atomic E-state index is -0.195. The number of ether oxygens (including phenoxy) is 1. The maximum Gasteiger partial charge on any atom is 0.253 e. The van der Waals surface area contributed by atoms with Crippen LogP contribution in [0.15, 0.2) is 72.9 Å². The highest BCUT2D eigenvalue weighted by atomic mass is 35.5. The Balaban J connectivity index is 1.61. The molecule has 1 heterocycles. The Bertz CT molecular complexity index is 1260. The van der Waals surface area contributed by atoms with E-state index in [2.05, 4.69) is 15.6 Å². The number of fused-ring (bicyclic) bond motifs is 1. The van der Waals surface area contributed by atoms with Crippen LogP contribution in [-0.4, -0.2) is 18.0 Å². The predicted octanol–water partition coefficient (Wildman–Crippen LogP) is 5.88. The number of carbonyl (C=O) groups excluding carboxylic acids is 1. The Kier molecular flexibility index (Phi) is 6.05. The molecule has 0 aliphatic heterocycles. The first-order valence-corrected chi connectivity index (χ1v) is 10.3. The van der Waals surface area contributed by atoms with Crippen LogP contribution in [0.5, 0.6) is 5.75 Å². The molecule has 0 aliphatic carbocycles. The third kappa shape index (κ3) is 4.47. The van der Waals surface area contributed by atoms with E-state index in [0.717, 1.165) is 33.3 Å². The van der Waals surface area contributed by atoms with Gasteiger partial charge in [-0.05, 0) is 36.1 Å². The highest BCUT2D eigenvalue weighted by Crippen LogP contribution is 2.29. The fourth-order valence-corrected chi connectivity index (χ4v) is 3.58. The Labute approximate surface area is 186 Å². The lowest BCUT2D eigenvalue weighted by atomic mass is 10.1. The molecule has 6 heteroatoms. The molecule has 5 nitrogen and oxygen atoms in total. The molecular weight excluding hydrogens is 410 g/mol. The Morgan fingerprint density at radius 2 is 1.77 bits per heavy atom. The minimum absolute atomic E-state index is 0.195. The van der Waals surface area contributed by atoms with Gasteiger partial charge in [0.05, 0.1) is 12.7 Å². The van der Waals surface area contributed by atoms with Crippen molar-refractivity contribution in [2.75, 3.05) is 12.4 Å². The normalized spacial score (nSPS) is 10.7. The highest BCUT2D eigenvalue weighted by molar-refractivity contribution is 6.31. The van der Waals surface area contributed by atoms with Gasteiger partial charge in [-0.3, -0.25) is 4.79 Å². The van der Waals surface area contributed by atoms with Gasteiger partial charge in [0.15, 0.2) is 0 Å². The molecule has 0 saturated heterocycles. The largest absolute Gasteiger partial charge is 0.496 e. The van der Waals surface area contributed by atoms with Gasteiger partial charge >= 0.3 is 0 Å². The van der Waals surface area contributed by atoms with Gasteiger partial charge in [0.1, 0.15) is 11.6 Å². The summed E-state index contributed by atoms with van der Waals surface area (Å²) >= 11 is 6.25. The molecule has 0 saturated carbocycles. The zero-order valence-electron chi connectivity index (χ0n) is 17.3. The van der Waals surface area contributed by atoms with Gasteiger partial charge in [-0.15, -0.1) is 0 Å². The van der Waals surface area contributed by atoms with Crippen molar-refractivity contribution in [1.29, 1.82) is 0 Å². The molecule has 1 aromatic heterocycles. The zero-order chi connectivity index (χ0) is 21.8. The second-order valence-corrected chi connectivity index (χ2v) is 7.56. The zero-order valence-corrected chi connectivity index (χ0v) is 18.0. The highest BCUT2D eigenvalue weighted by Gasteiger charge is 2.14. The number of pyridine rings is 1. The molecule has 2 N–H and O–H groups in total. The van der Waals surface area contributed by atoms with Gasteiger partial charge < -0.3 is 15.4 Å². The average molecular weight is 432 g/mol. The van der Waals surface area contributed by atoms with Crippen molar-refractivity contribution in [2.45, 2.75) is 13.5 Å². The second-order valence-electron chi connectivity index (χ2n) is 7.15. The van der Waals surface area contributed by atoms with E-state index in [4.69, 9.17) is 16.3 Å². The van der Waals surface area contributed by atoms with E-state index in [1.165, 1.54) is 0 Å². The van der Waals surface area contributed by atoms with E-state index in [1.54, 1.807) is 13.3 Å². The number of nitrogens with one attached hydrogen (secondary N) is 2. The number of anilines is 2. The molecular formula is C25H22ClN3O2. The summed E-state index contributed by atoms with van der Waals surface area (Å²) in [5.41, 5.74) is 3.26. The van der Waals surface area contributed by atoms with Gasteiger partial charge in [0.25, 0.3) is 5.91 Å². The second kappa shape index (κ2) is 9.06. The monoisotopic (exact) mass is 431 g/mol. The van der Waals surface area contributed by atoms with E-state index in [1.807, 2.05) is 73.7 Å². The number of nitrogens with zero attached hydrogens (tertiary/aromatic N) is 1. The lowest BCUT2D eigenvalue weighted by Gasteiger charge is -2.13. The number of rotatable bonds is 6. The Hall–Kier alpha value is -3.57. The summed E-state index contributed by atoms with van der Waals surface area (Å²) in [6.45, 7) is 2.32. The summed E-state index contributed by atoms with van der Waals surface area (Å²) in [7, 11) is 1.62. The molecule has 0 spiro atoms. The van der Waals surface area contributed by atoms with Crippen LogP contribution in [0, 0.1) is 6.92 Å². The van der Waals surface area contributed by atoms with Crippen molar-refractivity contribution in [3.63, 3.8) is 0 Å². The van der Waals surface area contributed by atoms with Gasteiger partial charge in [-0.2, -0.15) is 0 Å². The standard InChI is InChI=1S/C25H22ClN3O2/c1-16-11-12-18(13-22(16)26)29-24-20-9-5-4-8-19(20)21(15-27-24)25(30)28-14-17-7-3-6-10-23(17)31-2/h3-13,15H,14H2,1-2H3,(H,27,29)(H,28,30). The number of para-hydroxylation sites is 1. The van der Waals surface area contributed by atoms with Crippen LogP contribution in [0.3, 0.4) is 0 Å². The van der Waals surface area contributed by atoms with Crippen LogP contribution in [0.25, 0.3) is 10.8 Å². The molecule has 0 unspecified atom stereocenters. The van der Waals surface area contributed by atoms with Crippen molar-refractivity contribution in [3.05, 3.63) is 94.6 Å².